The highest BCUT2D eigenvalue weighted by Gasteiger charge is 2.33. The highest BCUT2D eigenvalue weighted by atomic mass is 16.2. The Morgan fingerprint density at radius 1 is 1.29 bits per heavy atom. The Hall–Kier alpha value is -0.610. The number of rotatable bonds is 4. The van der Waals surface area contributed by atoms with Crippen LogP contribution in [0.1, 0.15) is 45.4 Å². The average molecular weight is 241 g/mol. The minimum Gasteiger partial charge on any atom is -0.353 e. The first-order valence-electron chi connectivity index (χ1n) is 6.69. The minimum atomic E-state index is -0.417. The number of carbonyl (C=O) groups is 1. The Balaban J connectivity index is 2.61. The van der Waals surface area contributed by atoms with Gasteiger partial charge in [-0.05, 0) is 33.9 Å². The highest BCUT2D eigenvalue weighted by molar-refractivity contribution is 5.81. The Bertz CT molecular complexity index is 243. The largest absolute Gasteiger partial charge is 0.353 e. The molecule has 1 atom stereocenters. The molecule has 0 saturated heterocycles. The summed E-state index contributed by atoms with van der Waals surface area (Å²) in [6, 6.07) is -0.417. The van der Waals surface area contributed by atoms with Gasteiger partial charge in [0.05, 0.1) is 6.04 Å². The molecule has 1 rings (SSSR count). The molecule has 4 heteroatoms. The lowest BCUT2D eigenvalue weighted by atomic mass is 9.88. The summed E-state index contributed by atoms with van der Waals surface area (Å²) in [5, 5.41) is 3.00. The second kappa shape index (κ2) is 6.36. The van der Waals surface area contributed by atoms with E-state index < -0.39 is 6.04 Å². The molecule has 1 aliphatic rings. The Morgan fingerprint density at radius 3 is 2.24 bits per heavy atom. The topological polar surface area (TPSA) is 58.4 Å². The van der Waals surface area contributed by atoms with E-state index in [9.17, 15) is 4.79 Å². The van der Waals surface area contributed by atoms with Gasteiger partial charge in [-0.2, -0.15) is 0 Å². The van der Waals surface area contributed by atoms with E-state index in [0.717, 1.165) is 6.54 Å². The van der Waals surface area contributed by atoms with E-state index >= 15 is 0 Å². The van der Waals surface area contributed by atoms with Crippen molar-refractivity contribution in [2.45, 2.75) is 57.0 Å². The Morgan fingerprint density at radius 2 is 1.82 bits per heavy atom. The smallest absolute Gasteiger partial charge is 0.236 e. The molecule has 100 valence electrons. The molecule has 0 aliphatic heterocycles. The maximum Gasteiger partial charge on any atom is 0.236 e. The number of amides is 1. The molecule has 1 saturated carbocycles. The van der Waals surface area contributed by atoms with Crippen molar-refractivity contribution in [3.63, 3.8) is 0 Å². The van der Waals surface area contributed by atoms with Gasteiger partial charge < -0.3 is 16.0 Å². The van der Waals surface area contributed by atoms with Gasteiger partial charge in [0.15, 0.2) is 0 Å². The molecule has 3 N–H and O–H groups in total. The SMILES string of the molecule is C[C@@H](N)C(=O)NCC1(N(C)C)CCCCCC1. The van der Waals surface area contributed by atoms with Crippen molar-refractivity contribution >= 4 is 5.91 Å². The summed E-state index contributed by atoms with van der Waals surface area (Å²) in [4.78, 5) is 13.9. The minimum absolute atomic E-state index is 0.0459. The van der Waals surface area contributed by atoms with E-state index in [0.29, 0.717) is 0 Å². The molecule has 0 aromatic heterocycles. The van der Waals surface area contributed by atoms with Gasteiger partial charge in [0.25, 0.3) is 0 Å². The first-order valence-corrected chi connectivity index (χ1v) is 6.69. The molecule has 0 bridgehead atoms. The van der Waals surface area contributed by atoms with Gasteiger partial charge >= 0.3 is 0 Å². The molecule has 0 spiro atoms. The van der Waals surface area contributed by atoms with E-state index in [1.807, 2.05) is 0 Å². The molecule has 0 radical (unpaired) electrons. The number of nitrogens with zero attached hydrogens (tertiary/aromatic N) is 1. The van der Waals surface area contributed by atoms with Crippen LogP contribution in [0.4, 0.5) is 0 Å². The van der Waals surface area contributed by atoms with Crippen LogP contribution in [-0.4, -0.2) is 43.0 Å². The normalized spacial score (nSPS) is 21.9. The molecule has 0 aromatic rings. The van der Waals surface area contributed by atoms with Crippen molar-refractivity contribution in [3.05, 3.63) is 0 Å². The van der Waals surface area contributed by atoms with Gasteiger partial charge in [-0.25, -0.2) is 0 Å². The summed E-state index contributed by atoms with van der Waals surface area (Å²) in [5.74, 6) is -0.0459. The molecule has 1 aliphatic carbocycles. The Kier molecular flexibility index (Phi) is 5.40. The van der Waals surface area contributed by atoms with Gasteiger partial charge in [-0.15, -0.1) is 0 Å². The number of carbonyl (C=O) groups excluding carboxylic acids is 1. The zero-order valence-corrected chi connectivity index (χ0v) is 11.5. The van der Waals surface area contributed by atoms with E-state index in [2.05, 4.69) is 24.3 Å². The second-order valence-corrected chi connectivity index (χ2v) is 5.54. The third-order valence-electron chi connectivity index (χ3n) is 3.99. The lowest BCUT2D eigenvalue weighted by Crippen LogP contribution is -2.54. The number of nitrogens with two attached hydrogens (primary N) is 1. The van der Waals surface area contributed by atoms with E-state index in [1.165, 1.54) is 38.5 Å². The summed E-state index contributed by atoms with van der Waals surface area (Å²) in [6.45, 7) is 2.45. The fourth-order valence-corrected chi connectivity index (χ4v) is 2.58. The van der Waals surface area contributed by atoms with Crippen molar-refractivity contribution in [1.29, 1.82) is 0 Å². The quantitative estimate of drug-likeness (QED) is 0.725. The molecule has 4 nitrogen and oxygen atoms in total. The van der Waals surface area contributed by atoms with Crippen LogP contribution >= 0.6 is 0 Å². The molecule has 1 fully saturated rings. The summed E-state index contributed by atoms with van der Waals surface area (Å²) in [7, 11) is 4.23. The van der Waals surface area contributed by atoms with Gasteiger partial charge in [0.1, 0.15) is 0 Å². The van der Waals surface area contributed by atoms with Crippen LogP contribution in [0.5, 0.6) is 0 Å². The molecule has 17 heavy (non-hydrogen) atoms. The zero-order chi connectivity index (χ0) is 12.9. The van der Waals surface area contributed by atoms with Crippen molar-refractivity contribution in [2.24, 2.45) is 5.73 Å². The third-order valence-corrected chi connectivity index (χ3v) is 3.99. The summed E-state index contributed by atoms with van der Waals surface area (Å²) in [5.41, 5.74) is 5.70. The molecule has 1 amide bonds. The maximum absolute atomic E-state index is 11.6. The first-order chi connectivity index (χ1) is 7.98. The summed E-state index contributed by atoms with van der Waals surface area (Å²) < 4.78 is 0. The lowest BCUT2D eigenvalue weighted by molar-refractivity contribution is -0.122. The van der Waals surface area contributed by atoms with Crippen LogP contribution in [0.25, 0.3) is 0 Å². The second-order valence-electron chi connectivity index (χ2n) is 5.54. The molecule has 0 aromatic carbocycles. The van der Waals surface area contributed by atoms with Crippen LogP contribution in [0.2, 0.25) is 0 Å². The van der Waals surface area contributed by atoms with Crippen LogP contribution < -0.4 is 11.1 Å². The predicted molar refractivity (Wildman–Crippen MR) is 70.8 cm³/mol. The first kappa shape index (κ1) is 14.5. The van der Waals surface area contributed by atoms with Gasteiger partial charge in [0, 0.05) is 12.1 Å². The summed E-state index contributed by atoms with van der Waals surface area (Å²) >= 11 is 0. The van der Waals surface area contributed by atoms with Crippen LogP contribution in [0.15, 0.2) is 0 Å². The average Bonchev–Trinajstić information content (AvgIpc) is 2.52. The van der Waals surface area contributed by atoms with Crippen molar-refractivity contribution < 1.29 is 4.79 Å². The van der Waals surface area contributed by atoms with E-state index in [4.69, 9.17) is 5.73 Å². The van der Waals surface area contributed by atoms with Gasteiger partial charge in [-0.1, -0.05) is 25.7 Å². The number of hydrogen-bond donors (Lipinski definition) is 2. The predicted octanol–water partition coefficient (Wildman–Crippen LogP) is 1.10. The highest BCUT2D eigenvalue weighted by Crippen LogP contribution is 2.30. The van der Waals surface area contributed by atoms with E-state index in [1.54, 1.807) is 6.92 Å². The number of hydrogen-bond acceptors (Lipinski definition) is 3. The van der Waals surface area contributed by atoms with Crippen LogP contribution in [0.3, 0.4) is 0 Å². The fraction of sp³-hybridized carbons (Fsp3) is 0.923. The lowest BCUT2D eigenvalue weighted by Gasteiger charge is -2.39. The Labute approximate surface area is 105 Å². The van der Waals surface area contributed by atoms with Crippen molar-refractivity contribution in [2.75, 3.05) is 20.6 Å². The van der Waals surface area contributed by atoms with Gasteiger partial charge in [-0.3, -0.25) is 4.79 Å². The molecule has 0 unspecified atom stereocenters. The summed E-state index contributed by atoms with van der Waals surface area (Å²) in [6.07, 6.45) is 7.48. The fourth-order valence-electron chi connectivity index (χ4n) is 2.58. The standard InChI is InChI=1S/C13H27N3O/c1-11(14)12(17)15-10-13(16(2)3)8-6-4-5-7-9-13/h11H,4-10,14H2,1-3H3,(H,15,17)/t11-/m1/s1. The van der Waals surface area contributed by atoms with Crippen molar-refractivity contribution in [1.82, 2.24) is 10.2 Å². The third kappa shape index (κ3) is 3.96. The van der Waals surface area contributed by atoms with Crippen LogP contribution in [0, 0.1) is 0 Å². The van der Waals surface area contributed by atoms with Gasteiger partial charge in [0.2, 0.25) is 5.91 Å². The molecular weight excluding hydrogens is 214 g/mol. The number of nitrogens with one attached hydrogen (secondary N) is 1. The van der Waals surface area contributed by atoms with Crippen molar-refractivity contribution in [3.8, 4) is 0 Å². The molecule has 0 heterocycles. The zero-order valence-electron chi connectivity index (χ0n) is 11.5. The maximum atomic E-state index is 11.6. The van der Waals surface area contributed by atoms with Crippen LogP contribution in [-0.2, 0) is 4.79 Å². The van der Waals surface area contributed by atoms with E-state index in [-0.39, 0.29) is 11.4 Å². The molecular formula is C13H27N3O. The monoisotopic (exact) mass is 241 g/mol. The number of likely N-dealkylation sites (N-methyl/N-ethyl adjacent to an activating group) is 1.